The van der Waals surface area contributed by atoms with Crippen LogP contribution in [0.5, 0.6) is 0 Å². The number of hydrogen-bond donors (Lipinski definition) is 0. The van der Waals surface area contributed by atoms with Gasteiger partial charge in [-0.25, -0.2) is 14.7 Å². The van der Waals surface area contributed by atoms with Crippen molar-refractivity contribution in [1.82, 2.24) is 4.98 Å². The smallest absolute Gasteiger partial charge is 0.347 e. The molecule has 1 aliphatic rings. The maximum atomic E-state index is 12.8. The number of rotatable bonds is 3. The van der Waals surface area contributed by atoms with E-state index in [0.717, 1.165) is 11.0 Å². The summed E-state index contributed by atoms with van der Waals surface area (Å²) in [6.07, 6.45) is 0. The van der Waals surface area contributed by atoms with Crippen molar-refractivity contribution in [2.45, 2.75) is 0 Å². The minimum absolute atomic E-state index is 0.0349. The van der Waals surface area contributed by atoms with E-state index in [-0.39, 0.29) is 33.8 Å². The van der Waals surface area contributed by atoms with E-state index in [0.29, 0.717) is 16.1 Å². The zero-order chi connectivity index (χ0) is 22.6. The number of halogens is 1. The second-order valence-electron chi connectivity index (χ2n) is 6.95. The number of nitrogens with zero attached hydrogens (tertiary/aromatic N) is 3. The fourth-order valence-electron chi connectivity index (χ4n) is 3.50. The maximum Gasteiger partial charge on any atom is 0.347 e. The third-order valence-electron chi connectivity index (χ3n) is 5.04. The number of non-ortho nitro benzene ring substituents is 1. The predicted molar refractivity (Wildman–Crippen MR) is 115 cm³/mol. The van der Waals surface area contributed by atoms with E-state index in [4.69, 9.17) is 16.0 Å². The minimum Gasteiger partial charge on any atom is -0.403 e. The molecule has 9 nitrogen and oxygen atoms in total. The van der Waals surface area contributed by atoms with Crippen molar-refractivity contribution in [2.75, 3.05) is 4.90 Å². The molecule has 5 rings (SSSR count). The summed E-state index contributed by atoms with van der Waals surface area (Å²) in [5, 5.41) is 11.7. The highest BCUT2D eigenvalue weighted by atomic mass is 35.5. The quantitative estimate of drug-likeness (QED) is 0.261. The molecular weight excluding hydrogens is 438 g/mol. The van der Waals surface area contributed by atoms with Crippen molar-refractivity contribution < 1.29 is 18.9 Å². The van der Waals surface area contributed by atoms with Crippen LogP contribution in [0.2, 0.25) is 5.02 Å². The lowest BCUT2D eigenvalue weighted by molar-refractivity contribution is -0.384. The zero-order valence-corrected chi connectivity index (χ0v) is 16.7. The fourth-order valence-corrected chi connectivity index (χ4v) is 3.66. The largest absolute Gasteiger partial charge is 0.403 e. The number of hydrogen-bond acceptors (Lipinski definition) is 7. The molecule has 0 saturated heterocycles. The molecule has 0 aliphatic carbocycles. The summed E-state index contributed by atoms with van der Waals surface area (Å²) in [6, 6.07) is 14.2. The van der Waals surface area contributed by atoms with Crippen LogP contribution in [-0.4, -0.2) is 21.7 Å². The summed E-state index contributed by atoms with van der Waals surface area (Å²) in [5.41, 5.74) is 0.270. The van der Waals surface area contributed by atoms with E-state index in [1.165, 1.54) is 30.3 Å². The molecule has 0 saturated carbocycles. The number of imide groups is 1. The van der Waals surface area contributed by atoms with Crippen LogP contribution in [0.3, 0.4) is 0 Å². The van der Waals surface area contributed by atoms with Gasteiger partial charge in [0.15, 0.2) is 0 Å². The third-order valence-corrected chi connectivity index (χ3v) is 5.28. The van der Waals surface area contributed by atoms with Crippen molar-refractivity contribution in [1.29, 1.82) is 0 Å². The monoisotopic (exact) mass is 447 g/mol. The van der Waals surface area contributed by atoms with E-state index in [1.54, 1.807) is 24.3 Å². The van der Waals surface area contributed by atoms with Crippen LogP contribution in [0.25, 0.3) is 22.4 Å². The van der Waals surface area contributed by atoms with Gasteiger partial charge in [-0.2, -0.15) is 0 Å². The van der Waals surface area contributed by atoms with Crippen molar-refractivity contribution in [3.05, 3.63) is 97.3 Å². The molecule has 1 aliphatic heterocycles. The standard InChI is InChI=1S/C22H10ClN3O6/c23-12-3-7-16-18(9-12)24-19(32-22(16)29)11-1-4-13(5-2-11)25-20(27)15-8-6-14(26(30)31)10-17(15)21(25)28/h1-10H. The number of amides is 2. The van der Waals surface area contributed by atoms with E-state index in [1.807, 2.05) is 0 Å². The van der Waals surface area contributed by atoms with E-state index in [9.17, 15) is 24.5 Å². The number of carbonyl (C=O) groups is 2. The molecule has 10 heteroatoms. The Bertz CT molecular complexity index is 1530. The SMILES string of the molecule is O=C1c2ccc([N+](=O)[O-])cc2C(=O)N1c1ccc(-c2nc3cc(Cl)ccc3c(=O)o2)cc1. The summed E-state index contributed by atoms with van der Waals surface area (Å²) >= 11 is 5.98. The predicted octanol–water partition coefficient (Wildman–Crippen LogP) is 4.22. The molecule has 32 heavy (non-hydrogen) atoms. The maximum absolute atomic E-state index is 12.8. The van der Waals surface area contributed by atoms with E-state index >= 15 is 0 Å². The molecule has 0 atom stereocenters. The van der Waals surface area contributed by atoms with Crippen LogP contribution < -0.4 is 10.5 Å². The van der Waals surface area contributed by atoms with Crippen LogP contribution in [0.15, 0.2) is 69.9 Å². The summed E-state index contributed by atoms with van der Waals surface area (Å²) < 4.78 is 5.29. The Hall–Kier alpha value is -4.37. The molecule has 156 valence electrons. The number of nitro groups is 1. The average Bonchev–Trinajstić information content (AvgIpc) is 3.03. The Morgan fingerprint density at radius 3 is 2.34 bits per heavy atom. The van der Waals surface area contributed by atoms with E-state index in [2.05, 4.69) is 4.98 Å². The van der Waals surface area contributed by atoms with Crippen molar-refractivity contribution in [2.24, 2.45) is 0 Å². The first-order valence-electron chi connectivity index (χ1n) is 9.21. The number of fused-ring (bicyclic) bond motifs is 2. The van der Waals surface area contributed by atoms with Gasteiger partial charge in [-0.05, 0) is 48.5 Å². The Labute approximate surface area is 183 Å². The Morgan fingerprint density at radius 1 is 0.906 bits per heavy atom. The third kappa shape index (κ3) is 3.03. The number of nitro benzene ring substituents is 1. The first kappa shape index (κ1) is 19.6. The van der Waals surface area contributed by atoms with Gasteiger partial charge in [-0.3, -0.25) is 19.7 Å². The molecule has 0 spiro atoms. The average molecular weight is 448 g/mol. The van der Waals surface area contributed by atoms with Gasteiger partial charge in [0.05, 0.1) is 32.6 Å². The first-order chi connectivity index (χ1) is 15.3. The van der Waals surface area contributed by atoms with Crippen LogP contribution in [-0.2, 0) is 0 Å². The highest BCUT2D eigenvalue weighted by molar-refractivity contribution is 6.34. The Kier molecular flexibility index (Phi) is 4.35. The number of aromatic nitrogens is 1. The van der Waals surface area contributed by atoms with Gasteiger partial charge in [0.1, 0.15) is 0 Å². The Balaban J connectivity index is 1.51. The lowest BCUT2D eigenvalue weighted by Gasteiger charge is -2.14. The van der Waals surface area contributed by atoms with Crippen molar-refractivity contribution in [3.63, 3.8) is 0 Å². The van der Waals surface area contributed by atoms with Gasteiger partial charge < -0.3 is 4.42 Å². The molecule has 0 N–H and O–H groups in total. The van der Waals surface area contributed by atoms with Crippen molar-refractivity contribution in [3.8, 4) is 11.5 Å². The van der Waals surface area contributed by atoms with Crippen LogP contribution in [0, 0.1) is 10.1 Å². The zero-order valence-electron chi connectivity index (χ0n) is 15.9. The molecule has 0 fully saturated rings. The number of benzene rings is 3. The molecule has 1 aromatic heterocycles. The first-order valence-corrected chi connectivity index (χ1v) is 9.59. The summed E-state index contributed by atoms with van der Waals surface area (Å²) in [5.74, 6) is -1.20. The van der Waals surface area contributed by atoms with E-state index < -0.39 is 22.4 Å². The van der Waals surface area contributed by atoms with Gasteiger partial charge in [0.2, 0.25) is 5.89 Å². The summed E-state index contributed by atoms with van der Waals surface area (Å²) in [4.78, 5) is 53.3. The van der Waals surface area contributed by atoms with Gasteiger partial charge in [-0.1, -0.05) is 11.6 Å². The molecule has 4 aromatic rings. The molecule has 0 radical (unpaired) electrons. The van der Waals surface area contributed by atoms with Crippen molar-refractivity contribution >= 4 is 45.7 Å². The Morgan fingerprint density at radius 2 is 1.62 bits per heavy atom. The normalized spacial score (nSPS) is 13.0. The lowest BCUT2D eigenvalue weighted by atomic mass is 10.1. The molecule has 2 amide bonds. The molecule has 2 heterocycles. The van der Waals surface area contributed by atoms with Crippen LogP contribution in [0.1, 0.15) is 20.7 Å². The summed E-state index contributed by atoms with van der Waals surface area (Å²) in [7, 11) is 0. The summed E-state index contributed by atoms with van der Waals surface area (Å²) in [6.45, 7) is 0. The molecule has 0 unspecified atom stereocenters. The molecular formula is C22H10ClN3O6. The molecule has 3 aromatic carbocycles. The number of carbonyl (C=O) groups excluding carboxylic acids is 2. The van der Waals surface area contributed by atoms with Crippen LogP contribution in [0.4, 0.5) is 11.4 Å². The second-order valence-corrected chi connectivity index (χ2v) is 7.38. The number of anilines is 1. The van der Waals surface area contributed by atoms with Gasteiger partial charge in [0, 0.05) is 22.7 Å². The van der Waals surface area contributed by atoms with Gasteiger partial charge in [-0.15, -0.1) is 0 Å². The van der Waals surface area contributed by atoms with Gasteiger partial charge in [0.25, 0.3) is 17.5 Å². The lowest BCUT2D eigenvalue weighted by Crippen LogP contribution is -2.29. The van der Waals surface area contributed by atoms with Gasteiger partial charge >= 0.3 is 5.63 Å². The molecule has 0 bridgehead atoms. The second kappa shape index (κ2) is 7.10. The highest BCUT2D eigenvalue weighted by Gasteiger charge is 2.37. The fraction of sp³-hybridized carbons (Fsp3) is 0. The highest BCUT2D eigenvalue weighted by Crippen LogP contribution is 2.32. The topological polar surface area (TPSA) is 124 Å². The van der Waals surface area contributed by atoms with Crippen LogP contribution >= 0.6 is 11.6 Å². The minimum atomic E-state index is -0.661.